The van der Waals surface area contributed by atoms with E-state index in [9.17, 15) is 0 Å². The van der Waals surface area contributed by atoms with Crippen LogP contribution in [0.1, 0.15) is 12.8 Å². The van der Waals surface area contributed by atoms with E-state index < -0.39 is 0 Å². The lowest BCUT2D eigenvalue weighted by atomic mass is 10.00. The highest BCUT2D eigenvalue weighted by Gasteiger charge is 2.14. The molecule has 0 spiro atoms. The van der Waals surface area contributed by atoms with Gasteiger partial charge in [-0.15, -0.1) is 0 Å². The van der Waals surface area contributed by atoms with E-state index in [1.807, 2.05) is 24.7 Å². The Kier molecular flexibility index (Phi) is 2.58. The van der Waals surface area contributed by atoms with Gasteiger partial charge in [0.05, 0.1) is 6.33 Å². The highest BCUT2D eigenvalue weighted by atomic mass is 15.1. The first-order valence-corrected chi connectivity index (χ1v) is 5.90. The van der Waals surface area contributed by atoms with E-state index in [-0.39, 0.29) is 0 Å². The number of rotatable bonds is 2. The van der Waals surface area contributed by atoms with Crippen molar-refractivity contribution in [3.63, 3.8) is 0 Å². The molecular weight excluding hydrogens is 200 g/mol. The first-order chi connectivity index (χ1) is 7.93. The van der Waals surface area contributed by atoms with Crippen LogP contribution in [-0.2, 0) is 6.54 Å². The first kappa shape index (κ1) is 9.78. The van der Waals surface area contributed by atoms with Gasteiger partial charge in [-0.1, -0.05) is 0 Å². The Balaban J connectivity index is 1.83. The molecule has 3 heterocycles. The molecule has 0 aliphatic carbocycles. The van der Waals surface area contributed by atoms with Crippen molar-refractivity contribution >= 4 is 11.2 Å². The lowest BCUT2D eigenvalue weighted by molar-refractivity contribution is 0.339. The topological polar surface area (TPSA) is 42.7 Å². The molecule has 84 valence electrons. The van der Waals surface area contributed by atoms with Crippen LogP contribution in [0.15, 0.2) is 24.7 Å². The molecule has 0 aromatic carbocycles. The van der Waals surface area contributed by atoms with Crippen molar-refractivity contribution in [2.75, 3.05) is 13.1 Å². The number of fused-ring (bicyclic) bond motifs is 1. The van der Waals surface area contributed by atoms with Crippen LogP contribution < -0.4 is 5.32 Å². The van der Waals surface area contributed by atoms with E-state index in [0.29, 0.717) is 5.92 Å². The average molecular weight is 216 g/mol. The highest BCUT2D eigenvalue weighted by molar-refractivity contribution is 5.69. The molecule has 4 nitrogen and oxygen atoms in total. The van der Waals surface area contributed by atoms with Crippen molar-refractivity contribution < 1.29 is 0 Å². The maximum atomic E-state index is 4.39. The SMILES string of the molecule is c1cnc2c(c1)ncn2CC1CCCNC1. The van der Waals surface area contributed by atoms with E-state index in [1.165, 1.54) is 19.4 Å². The number of hydrogen-bond donors (Lipinski definition) is 1. The summed E-state index contributed by atoms with van der Waals surface area (Å²) in [5.41, 5.74) is 2.00. The predicted molar refractivity (Wildman–Crippen MR) is 63.1 cm³/mol. The van der Waals surface area contributed by atoms with Gasteiger partial charge in [0.15, 0.2) is 5.65 Å². The number of aromatic nitrogens is 3. The molecular formula is C12H16N4. The molecule has 2 aromatic heterocycles. The minimum atomic E-state index is 0.716. The van der Waals surface area contributed by atoms with Crippen LogP contribution in [-0.4, -0.2) is 27.6 Å². The molecule has 1 N–H and O–H groups in total. The van der Waals surface area contributed by atoms with Crippen LogP contribution in [0.2, 0.25) is 0 Å². The number of pyridine rings is 1. The van der Waals surface area contributed by atoms with Crippen molar-refractivity contribution in [3.05, 3.63) is 24.7 Å². The van der Waals surface area contributed by atoms with Gasteiger partial charge in [-0.25, -0.2) is 9.97 Å². The van der Waals surface area contributed by atoms with Crippen LogP contribution >= 0.6 is 0 Å². The van der Waals surface area contributed by atoms with Gasteiger partial charge in [-0.2, -0.15) is 0 Å². The van der Waals surface area contributed by atoms with Gasteiger partial charge in [-0.3, -0.25) is 0 Å². The summed E-state index contributed by atoms with van der Waals surface area (Å²) in [6.07, 6.45) is 6.33. The van der Waals surface area contributed by atoms with E-state index in [4.69, 9.17) is 0 Å². The Bertz CT molecular complexity index is 471. The number of nitrogens with one attached hydrogen (secondary N) is 1. The third-order valence-corrected chi connectivity index (χ3v) is 3.23. The van der Waals surface area contributed by atoms with Gasteiger partial charge in [0.2, 0.25) is 0 Å². The van der Waals surface area contributed by atoms with Crippen LogP contribution in [0.3, 0.4) is 0 Å². The van der Waals surface area contributed by atoms with Crippen molar-refractivity contribution in [1.29, 1.82) is 0 Å². The van der Waals surface area contributed by atoms with Crippen LogP contribution in [0.25, 0.3) is 11.2 Å². The minimum Gasteiger partial charge on any atom is -0.316 e. The van der Waals surface area contributed by atoms with Crippen molar-refractivity contribution in [2.45, 2.75) is 19.4 Å². The molecule has 0 bridgehead atoms. The lowest BCUT2D eigenvalue weighted by Gasteiger charge is -2.22. The summed E-state index contributed by atoms with van der Waals surface area (Å²) in [6, 6.07) is 3.94. The quantitative estimate of drug-likeness (QED) is 0.825. The molecule has 0 amide bonds. The zero-order valence-electron chi connectivity index (χ0n) is 9.26. The maximum Gasteiger partial charge on any atom is 0.159 e. The highest BCUT2D eigenvalue weighted by Crippen LogP contribution is 2.15. The number of piperidine rings is 1. The normalized spacial score (nSPS) is 21.4. The second kappa shape index (κ2) is 4.22. The van der Waals surface area contributed by atoms with Crippen molar-refractivity contribution in [1.82, 2.24) is 19.9 Å². The number of imidazole rings is 1. The molecule has 1 fully saturated rings. The minimum absolute atomic E-state index is 0.716. The summed E-state index contributed by atoms with van der Waals surface area (Å²) < 4.78 is 2.17. The van der Waals surface area contributed by atoms with Crippen LogP contribution in [0.4, 0.5) is 0 Å². The second-order valence-corrected chi connectivity index (χ2v) is 4.46. The van der Waals surface area contributed by atoms with Crippen molar-refractivity contribution in [2.24, 2.45) is 5.92 Å². The molecule has 1 aliphatic rings. The van der Waals surface area contributed by atoms with Gasteiger partial charge in [0.1, 0.15) is 5.52 Å². The summed E-state index contributed by atoms with van der Waals surface area (Å²) in [7, 11) is 0. The first-order valence-electron chi connectivity index (χ1n) is 5.90. The van der Waals surface area contributed by atoms with Gasteiger partial charge in [0.25, 0.3) is 0 Å². The molecule has 3 rings (SSSR count). The lowest BCUT2D eigenvalue weighted by Crippen LogP contribution is -2.32. The molecule has 0 radical (unpaired) electrons. The van der Waals surface area contributed by atoms with Crippen molar-refractivity contribution in [3.8, 4) is 0 Å². The van der Waals surface area contributed by atoms with E-state index in [0.717, 1.165) is 24.3 Å². The third-order valence-electron chi connectivity index (χ3n) is 3.23. The fourth-order valence-electron chi connectivity index (χ4n) is 2.39. The molecule has 0 saturated carbocycles. The van der Waals surface area contributed by atoms with Gasteiger partial charge in [0, 0.05) is 12.7 Å². The van der Waals surface area contributed by atoms with Crippen LogP contribution in [0, 0.1) is 5.92 Å². The molecule has 1 atom stereocenters. The summed E-state index contributed by atoms with van der Waals surface area (Å²) in [6.45, 7) is 3.31. The summed E-state index contributed by atoms with van der Waals surface area (Å²) in [4.78, 5) is 8.75. The fourth-order valence-corrected chi connectivity index (χ4v) is 2.39. The van der Waals surface area contributed by atoms with Gasteiger partial charge < -0.3 is 9.88 Å². The average Bonchev–Trinajstić information content (AvgIpc) is 2.74. The summed E-state index contributed by atoms with van der Waals surface area (Å²) >= 11 is 0. The number of nitrogens with zero attached hydrogens (tertiary/aromatic N) is 3. The maximum absolute atomic E-state index is 4.39. The zero-order valence-corrected chi connectivity index (χ0v) is 9.26. The Morgan fingerprint density at radius 1 is 1.44 bits per heavy atom. The summed E-state index contributed by atoms with van der Waals surface area (Å²) in [5.74, 6) is 0.716. The van der Waals surface area contributed by atoms with Gasteiger partial charge >= 0.3 is 0 Å². The predicted octanol–water partition coefficient (Wildman–Crippen LogP) is 1.43. The Labute approximate surface area is 94.7 Å². The molecule has 2 aromatic rings. The molecule has 1 unspecified atom stereocenters. The third kappa shape index (κ3) is 1.80. The Morgan fingerprint density at radius 2 is 2.44 bits per heavy atom. The Morgan fingerprint density at radius 3 is 3.31 bits per heavy atom. The second-order valence-electron chi connectivity index (χ2n) is 4.46. The van der Waals surface area contributed by atoms with Crippen LogP contribution in [0.5, 0.6) is 0 Å². The molecule has 1 saturated heterocycles. The van der Waals surface area contributed by atoms with E-state index in [2.05, 4.69) is 19.9 Å². The monoisotopic (exact) mass is 216 g/mol. The zero-order chi connectivity index (χ0) is 10.8. The fraction of sp³-hybridized carbons (Fsp3) is 0.500. The Hall–Kier alpha value is -1.42. The smallest absolute Gasteiger partial charge is 0.159 e. The largest absolute Gasteiger partial charge is 0.316 e. The van der Waals surface area contributed by atoms with Gasteiger partial charge in [-0.05, 0) is 44.0 Å². The standard InChI is InChI=1S/C12H16N4/c1-3-10(7-13-5-1)8-16-9-15-11-4-2-6-14-12(11)16/h2,4,6,9-10,13H,1,3,5,7-8H2. The molecule has 4 heteroatoms. The molecule has 16 heavy (non-hydrogen) atoms. The summed E-state index contributed by atoms with van der Waals surface area (Å²) in [5, 5.41) is 3.44. The number of hydrogen-bond acceptors (Lipinski definition) is 3. The molecule has 1 aliphatic heterocycles. The van der Waals surface area contributed by atoms with E-state index >= 15 is 0 Å². The van der Waals surface area contributed by atoms with E-state index in [1.54, 1.807) is 0 Å².